The molecule has 2 rings (SSSR count). The van der Waals surface area contributed by atoms with Gasteiger partial charge in [-0.1, -0.05) is 42.1 Å². The van der Waals surface area contributed by atoms with Crippen molar-refractivity contribution in [3.8, 4) is 5.88 Å². The van der Waals surface area contributed by atoms with E-state index in [2.05, 4.69) is 10.1 Å². The van der Waals surface area contributed by atoms with Crippen molar-refractivity contribution in [1.82, 2.24) is 14.6 Å². The van der Waals surface area contributed by atoms with Crippen LogP contribution in [0.25, 0.3) is 0 Å². The number of carbonyl (C=O) groups excluding carboxylic acids is 1. The van der Waals surface area contributed by atoms with Crippen molar-refractivity contribution < 1.29 is 43.2 Å². The first-order chi connectivity index (χ1) is 19.7. The molecule has 0 saturated heterocycles. The van der Waals surface area contributed by atoms with E-state index < -0.39 is 49.3 Å². The van der Waals surface area contributed by atoms with Gasteiger partial charge in [0.25, 0.3) is 0 Å². The van der Waals surface area contributed by atoms with Crippen LogP contribution in [0.3, 0.4) is 0 Å². The summed E-state index contributed by atoms with van der Waals surface area (Å²) in [5.41, 5.74) is -2.75. The number of thioether (sulfide) groups is 1. The maximum atomic E-state index is 13.7. The number of aromatic nitrogens is 2. The van der Waals surface area contributed by atoms with E-state index in [4.69, 9.17) is 18.5 Å². The Labute approximate surface area is 250 Å². The molecule has 0 fully saturated rings. The molecule has 0 aliphatic carbocycles. The van der Waals surface area contributed by atoms with E-state index in [0.29, 0.717) is 0 Å². The molecule has 5 unspecified atom stereocenters. The molecular weight excluding hydrogens is 589 g/mol. The molecule has 1 heterocycles. The Morgan fingerprint density at radius 3 is 2.40 bits per heavy atom. The molecule has 2 aromatic rings. The average Bonchev–Trinajstić information content (AvgIpc) is 2.98. The number of hydrogen-bond acceptors (Lipinski definition) is 12. The number of hydrogen-bond donors (Lipinski definition) is 4. The second-order valence-corrected chi connectivity index (χ2v) is 13.3. The van der Waals surface area contributed by atoms with Crippen LogP contribution in [0.5, 0.6) is 5.88 Å². The van der Waals surface area contributed by atoms with Crippen LogP contribution in [-0.4, -0.2) is 87.6 Å². The summed E-state index contributed by atoms with van der Waals surface area (Å²) in [6.45, 7) is 5.32. The zero-order valence-corrected chi connectivity index (χ0v) is 26.5. The molecule has 0 saturated carbocycles. The van der Waals surface area contributed by atoms with E-state index in [1.54, 1.807) is 13.8 Å². The summed E-state index contributed by atoms with van der Waals surface area (Å²) < 4.78 is 36.4. The van der Waals surface area contributed by atoms with Gasteiger partial charge in [0, 0.05) is 31.7 Å². The van der Waals surface area contributed by atoms with Gasteiger partial charge in [0.1, 0.15) is 17.8 Å². The van der Waals surface area contributed by atoms with Crippen molar-refractivity contribution in [2.75, 3.05) is 39.8 Å². The lowest BCUT2D eigenvalue weighted by Gasteiger charge is -2.38. The topological polar surface area (TPSA) is 179 Å². The van der Waals surface area contributed by atoms with Crippen molar-refractivity contribution in [2.45, 2.75) is 58.1 Å². The smallest absolute Gasteiger partial charge is 0.405 e. The van der Waals surface area contributed by atoms with Crippen LogP contribution in [0.1, 0.15) is 39.3 Å². The van der Waals surface area contributed by atoms with Gasteiger partial charge >= 0.3 is 13.4 Å². The average molecular weight is 632 g/mol. The highest BCUT2D eigenvalue weighted by molar-refractivity contribution is 8.13. The Morgan fingerprint density at radius 1 is 1.17 bits per heavy atom. The fourth-order valence-electron chi connectivity index (χ4n) is 3.63. The Hall–Kier alpha value is -2.13. The largest absolute Gasteiger partial charge is 0.481 e. The summed E-state index contributed by atoms with van der Waals surface area (Å²) in [7, 11) is -1.37. The maximum absolute atomic E-state index is 13.7. The minimum absolute atomic E-state index is 0.102. The van der Waals surface area contributed by atoms with Gasteiger partial charge < -0.3 is 24.8 Å². The lowest BCUT2D eigenvalue weighted by atomic mass is 9.88. The molecule has 0 spiro atoms. The number of carbonyl (C=O) groups is 1. The van der Waals surface area contributed by atoms with Gasteiger partial charge in [0.15, 0.2) is 5.12 Å². The van der Waals surface area contributed by atoms with Gasteiger partial charge in [0.05, 0.1) is 38.4 Å². The van der Waals surface area contributed by atoms with Crippen LogP contribution < -0.4 is 15.5 Å². The predicted molar refractivity (Wildman–Crippen MR) is 158 cm³/mol. The molecule has 13 nitrogen and oxygen atoms in total. The fourth-order valence-corrected chi connectivity index (χ4v) is 5.87. The Balaban J connectivity index is 2.14. The second kappa shape index (κ2) is 16.1. The minimum atomic E-state index is -4.03. The zero-order chi connectivity index (χ0) is 31.6. The summed E-state index contributed by atoms with van der Waals surface area (Å²) in [6, 6.07) is 9.59. The molecule has 0 amide bonds. The van der Waals surface area contributed by atoms with Crippen LogP contribution in [0.2, 0.25) is 0 Å². The molecule has 0 aliphatic rings. The highest BCUT2D eigenvalue weighted by atomic mass is 32.2. The molecule has 42 heavy (non-hydrogen) atoms. The Morgan fingerprint density at radius 2 is 1.83 bits per heavy atom. The van der Waals surface area contributed by atoms with Crippen LogP contribution in [0, 0.1) is 5.41 Å². The summed E-state index contributed by atoms with van der Waals surface area (Å²) in [5, 5.41) is 34.3. The van der Waals surface area contributed by atoms with Crippen molar-refractivity contribution in [1.29, 1.82) is 0 Å². The molecule has 236 valence electrons. The fraction of sp³-hybridized carbons (Fsp3) is 0.593. The number of benzene rings is 1. The quantitative estimate of drug-likeness (QED) is 0.139. The van der Waals surface area contributed by atoms with Crippen LogP contribution >= 0.6 is 19.5 Å². The molecule has 15 heteroatoms. The number of aliphatic hydroxyl groups excluding tert-OH is 2. The molecule has 1 aromatic heterocycles. The van der Waals surface area contributed by atoms with E-state index in [0.717, 1.165) is 21.9 Å². The first kappa shape index (κ1) is 36.1. The third kappa shape index (κ3) is 9.97. The zero-order valence-electron chi connectivity index (χ0n) is 24.8. The second-order valence-electron chi connectivity index (χ2n) is 10.4. The lowest BCUT2D eigenvalue weighted by molar-refractivity contribution is -0.153. The SMILES string of the molecule is COc1ccn(C(C)C(C)(O)C(O)C(COP(=O)(NCc2ccccc2)OCCSC(=O)C(C)(C)CO)OC)c(=O)n1. The van der Waals surface area contributed by atoms with Gasteiger partial charge in [-0.15, -0.1) is 0 Å². The number of ether oxygens (including phenoxy) is 2. The van der Waals surface area contributed by atoms with Gasteiger partial charge in [-0.05, 0) is 33.3 Å². The minimum Gasteiger partial charge on any atom is -0.481 e. The van der Waals surface area contributed by atoms with E-state index in [1.165, 1.54) is 40.3 Å². The highest BCUT2D eigenvalue weighted by Gasteiger charge is 2.43. The molecule has 0 aliphatic heterocycles. The number of aliphatic hydroxyl groups is 3. The number of rotatable bonds is 18. The predicted octanol–water partition coefficient (Wildman–Crippen LogP) is 2.15. The lowest BCUT2D eigenvalue weighted by Crippen LogP contribution is -2.54. The highest BCUT2D eigenvalue weighted by Crippen LogP contribution is 2.45. The van der Waals surface area contributed by atoms with Crippen LogP contribution in [0.4, 0.5) is 0 Å². The van der Waals surface area contributed by atoms with E-state index in [1.807, 2.05) is 30.3 Å². The van der Waals surface area contributed by atoms with Crippen molar-refractivity contribution >= 4 is 24.6 Å². The van der Waals surface area contributed by atoms with E-state index in [9.17, 15) is 29.5 Å². The van der Waals surface area contributed by atoms with Crippen molar-refractivity contribution in [3.05, 3.63) is 58.6 Å². The Bertz CT molecular complexity index is 1240. The molecule has 1 aromatic carbocycles. The Kier molecular flexibility index (Phi) is 13.8. The van der Waals surface area contributed by atoms with Gasteiger partial charge in [0.2, 0.25) is 5.88 Å². The molecule has 0 bridgehead atoms. The normalized spacial score (nSPS) is 17.1. The first-order valence-electron chi connectivity index (χ1n) is 13.2. The standard InChI is InChI=1S/C27H42N3O10PS/c1-19(30-13-12-22(38-6)29-25(30)34)27(4,35)23(32)21(37-5)17-40-41(36,28-16-20-10-8-7-9-11-20)39-14-15-42-24(33)26(2,3)18-31/h7-13,19,21,23,31-32,35H,14-18H2,1-6H3,(H,28,36). The third-order valence-corrected chi connectivity index (χ3v) is 9.53. The molecule has 0 radical (unpaired) electrons. The summed E-state index contributed by atoms with van der Waals surface area (Å²) >= 11 is 0.938. The van der Waals surface area contributed by atoms with Crippen molar-refractivity contribution in [3.63, 3.8) is 0 Å². The monoisotopic (exact) mass is 631 g/mol. The van der Waals surface area contributed by atoms with Gasteiger partial charge in [-0.2, -0.15) is 4.98 Å². The molecular formula is C27H42N3O10PS. The van der Waals surface area contributed by atoms with E-state index >= 15 is 0 Å². The maximum Gasteiger partial charge on any atom is 0.405 e. The first-order valence-corrected chi connectivity index (χ1v) is 15.8. The van der Waals surface area contributed by atoms with Gasteiger partial charge in [-0.25, -0.2) is 14.4 Å². The molecule has 5 atom stereocenters. The molecule has 4 N–H and O–H groups in total. The summed E-state index contributed by atoms with van der Waals surface area (Å²) in [4.78, 5) is 28.5. The summed E-state index contributed by atoms with van der Waals surface area (Å²) in [5.74, 6) is 0.251. The van der Waals surface area contributed by atoms with Crippen LogP contribution in [0.15, 0.2) is 47.4 Å². The van der Waals surface area contributed by atoms with Crippen molar-refractivity contribution in [2.24, 2.45) is 5.41 Å². The van der Waals surface area contributed by atoms with Crippen LogP contribution in [-0.2, 0) is 29.7 Å². The summed E-state index contributed by atoms with van der Waals surface area (Å²) in [6.07, 6.45) is -1.41. The van der Waals surface area contributed by atoms with Gasteiger partial charge in [-0.3, -0.25) is 18.4 Å². The van der Waals surface area contributed by atoms with E-state index in [-0.39, 0.29) is 36.5 Å². The number of nitrogens with one attached hydrogen (secondary N) is 1. The number of nitrogens with zero attached hydrogens (tertiary/aromatic N) is 2. The number of methoxy groups -OCH3 is 2. The third-order valence-electron chi connectivity index (χ3n) is 6.78.